The lowest BCUT2D eigenvalue weighted by Gasteiger charge is -2.30. The molecular formula is C10H15NO2. The summed E-state index contributed by atoms with van der Waals surface area (Å²) in [6.07, 6.45) is 7.41. The van der Waals surface area contributed by atoms with Crippen molar-refractivity contribution in [1.82, 2.24) is 5.32 Å². The third kappa shape index (κ3) is 1.69. The van der Waals surface area contributed by atoms with E-state index in [0.29, 0.717) is 11.8 Å². The van der Waals surface area contributed by atoms with E-state index in [1.165, 1.54) is 26.2 Å². The minimum absolute atomic E-state index is 0.00838. The van der Waals surface area contributed by atoms with E-state index in [4.69, 9.17) is 4.74 Å². The largest absolute Gasteiger partial charge is 0.478 e. The number of nitrogens with one attached hydrogen (secondary N) is 1. The predicted molar refractivity (Wildman–Crippen MR) is 48.7 cm³/mol. The smallest absolute Gasteiger partial charge is 0.219 e. The van der Waals surface area contributed by atoms with Crippen LogP contribution in [0.3, 0.4) is 0 Å². The number of hydrogen-bond acceptors (Lipinski definition) is 2. The second-order valence-electron chi connectivity index (χ2n) is 3.84. The maximum atomic E-state index is 10.9. The van der Waals surface area contributed by atoms with E-state index < -0.39 is 0 Å². The highest BCUT2D eigenvalue weighted by molar-refractivity contribution is 5.73. The van der Waals surface area contributed by atoms with E-state index in [1.54, 1.807) is 6.26 Å². The van der Waals surface area contributed by atoms with Crippen LogP contribution >= 0.6 is 0 Å². The Morgan fingerprint density at radius 3 is 3.15 bits per heavy atom. The normalized spacial score (nSPS) is 36.5. The first-order chi connectivity index (χ1) is 6.27. The Balaban J connectivity index is 2.03. The number of carbonyl (C=O) groups excluding carboxylic acids is 1. The van der Waals surface area contributed by atoms with Gasteiger partial charge in [0.2, 0.25) is 5.91 Å². The maximum absolute atomic E-state index is 10.9. The van der Waals surface area contributed by atoms with Crippen molar-refractivity contribution in [3.05, 3.63) is 12.3 Å². The lowest BCUT2D eigenvalue weighted by atomic mass is 9.93. The molecule has 3 nitrogen and oxygen atoms in total. The third-order valence-corrected chi connectivity index (χ3v) is 2.91. The van der Waals surface area contributed by atoms with Gasteiger partial charge in [-0.1, -0.05) is 6.42 Å². The Labute approximate surface area is 78.1 Å². The molecule has 1 aliphatic carbocycles. The fourth-order valence-corrected chi connectivity index (χ4v) is 2.31. The van der Waals surface area contributed by atoms with Crippen molar-refractivity contribution in [2.45, 2.75) is 32.4 Å². The number of fused-ring (bicyclic) bond motifs is 1. The van der Waals surface area contributed by atoms with Crippen LogP contribution in [0.5, 0.6) is 0 Å². The third-order valence-electron chi connectivity index (χ3n) is 2.91. The maximum Gasteiger partial charge on any atom is 0.219 e. The van der Waals surface area contributed by atoms with Crippen LogP contribution in [0.2, 0.25) is 0 Å². The van der Waals surface area contributed by atoms with Gasteiger partial charge in [-0.05, 0) is 24.8 Å². The molecule has 2 aliphatic rings. The first-order valence-electron chi connectivity index (χ1n) is 4.86. The van der Waals surface area contributed by atoms with Crippen molar-refractivity contribution in [2.24, 2.45) is 11.8 Å². The number of amides is 1. The van der Waals surface area contributed by atoms with E-state index in [-0.39, 0.29) is 12.1 Å². The van der Waals surface area contributed by atoms with Crippen LogP contribution in [0.25, 0.3) is 0 Å². The number of hydrogen-bond donors (Lipinski definition) is 1. The van der Waals surface area contributed by atoms with Gasteiger partial charge in [-0.15, -0.1) is 0 Å². The summed E-state index contributed by atoms with van der Waals surface area (Å²) < 4.78 is 5.39. The Bertz CT molecular complexity index is 237. The molecule has 1 amide bonds. The topological polar surface area (TPSA) is 38.3 Å². The van der Waals surface area contributed by atoms with Gasteiger partial charge in [0.25, 0.3) is 0 Å². The Morgan fingerprint density at radius 2 is 2.38 bits per heavy atom. The van der Waals surface area contributed by atoms with Crippen molar-refractivity contribution < 1.29 is 9.53 Å². The average Bonchev–Trinajstić information content (AvgIpc) is 2.51. The van der Waals surface area contributed by atoms with Gasteiger partial charge in [0, 0.05) is 12.8 Å². The van der Waals surface area contributed by atoms with Crippen LogP contribution < -0.4 is 5.32 Å². The second-order valence-corrected chi connectivity index (χ2v) is 3.84. The minimum Gasteiger partial charge on any atom is -0.478 e. The van der Waals surface area contributed by atoms with Crippen molar-refractivity contribution in [3.8, 4) is 0 Å². The first kappa shape index (κ1) is 8.60. The summed E-state index contributed by atoms with van der Waals surface area (Å²) in [5, 5.41) is 2.84. The zero-order valence-electron chi connectivity index (χ0n) is 7.82. The zero-order valence-corrected chi connectivity index (χ0v) is 7.82. The van der Waals surface area contributed by atoms with Crippen molar-refractivity contribution >= 4 is 5.91 Å². The summed E-state index contributed by atoms with van der Waals surface area (Å²) in [6.45, 7) is 1.53. The SMILES string of the molecule is CC(=O)NC1OC=CC2CCCC21. The molecule has 3 heteroatoms. The Morgan fingerprint density at radius 1 is 1.54 bits per heavy atom. The molecule has 0 aromatic carbocycles. The standard InChI is InChI=1S/C10H15NO2/c1-7(12)11-10-9-4-2-3-8(9)5-6-13-10/h5-6,8-10H,2-4H2,1H3,(H,11,12). The molecule has 0 spiro atoms. The van der Waals surface area contributed by atoms with Gasteiger partial charge in [0.1, 0.15) is 0 Å². The highest BCUT2D eigenvalue weighted by Crippen LogP contribution is 2.37. The van der Waals surface area contributed by atoms with Gasteiger partial charge in [-0.2, -0.15) is 0 Å². The fraction of sp³-hybridized carbons (Fsp3) is 0.700. The molecule has 3 unspecified atom stereocenters. The molecule has 1 heterocycles. The van der Waals surface area contributed by atoms with Crippen LogP contribution in [0.4, 0.5) is 0 Å². The van der Waals surface area contributed by atoms with Crippen molar-refractivity contribution in [2.75, 3.05) is 0 Å². The summed E-state index contributed by atoms with van der Waals surface area (Å²) in [5.74, 6) is 1.10. The number of allylic oxidation sites excluding steroid dienone is 1. The molecule has 2 rings (SSSR count). The monoisotopic (exact) mass is 181 g/mol. The lowest BCUT2D eigenvalue weighted by Crippen LogP contribution is -2.42. The average molecular weight is 181 g/mol. The second kappa shape index (κ2) is 3.40. The van der Waals surface area contributed by atoms with Crippen LogP contribution in [-0.2, 0) is 9.53 Å². The molecule has 1 fully saturated rings. The molecular weight excluding hydrogens is 166 g/mol. The molecule has 0 bridgehead atoms. The highest BCUT2D eigenvalue weighted by Gasteiger charge is 2.35. The molecule has 72 valence electrons. The van der Waals surface area contributed by atoms with Gasteiger partial charge >= 0.3 is 0 Å². The fourth-order valence-electron chi connectivity index (χ4n) is 2.31. The summed E-state index contributed by atoms with van der Waals surface area (Å²) in [7, 11) is 0. The molecule has 0 aromatic rings. The van der Waals surface area contributed by atoms with Gasteiger partial charge in [-0.25, -0.2) is 0 Å². The van der Waals surface area contributed by atoms with Crippen LogP contribution in [0, 0.1) is 11.8 Å². The van der Waals surface area contributed by atoms with E-state index in [1.807, 2.05) is 0 Å². The number of carbonyl (C=O) groups is 1. The summed E-state index contributed by atoms with van der Waals surface area (Å²) in [5.41, 5.74) is 0. The van der Waals surface area contributed by atoms with Gasteiger partial charge in [-0.3, -0.25) is 4.79 Å². The summed E-state index contributed by atoms with van der Waals surface area (Å²) in [4.78, 5) is 10.9. The molecule has 0 radical (unpaired) electrons. The number of ether oxygens (including phenoxy) is 1. The quantitative estimate of drug-likeness (QED) is 0.664. The summed E-state index contributed by atoms with van der Waals surface area (Å²) in [6, 6.07) is 0. The van der Waals surface area contributed by atoms with E-state index >= 15 is 0 Å². The Kier molecular flexibility index (Phi) is 2.25. The summed E-state index contributed by atoms with van der Waals surface area (Å²) >= 11 is 0. The molecule has 0 saturated heterocycles. The van der Waals surface area contributed by atoms with E-state index in [0.717, 1.165) is 0 Å². The molecule has 1 N–H and O–H groups in total. The first-order valence-corrected chi connectivity index (χ1v) is 4.86. The van der Waals surface area contributed by atoms with Crippen LogP contribution in [0.15, 0.2) is 12.3 Å². The lowest BCUT2D eigenvalue weighted by molar-refractivity contribution is -0.123. The molecule has 0 aromatic heterocycles. The van der Waals surface area contributed by atoms with Crippen LogP contribution in [-0.4, -0.2) is 12.1 Å². The van der Waals surface area contributed by atoms with Crippen molar-refractivity contribution in [1.29, 1.82) is 0 Å². The Hall–Kier alpha value is -0.990. The van der Waals surface area contributed by atoms with Crippen LogP contribution in [0.1, 0.15) is 26.2 Å². The molecule has 1 aliphatic heterocycles. The highest BCUT2D eigenvalue weighted by atomic mass is 16.5. The zero-order chi connectivity index (χ0) is 9.26. The van der Waals surface area contributed by atoms with E-state index in [2.05, 4.69) is 11.4 Å². The van der Waals surface area contributed by atoms with Gasteiger partial charge in [0.15, 0.2) is 6.23 Å². The molecule has 3 atom stereocenters. The van der Waals surface area contributed by atoms with E-state index in [9.17, 15) is 4.79 Å². The number of rotatable bonds is 1. The van der Waals surface area contributed by atoms with Crippen molar-refractivity contribution in [3.63, 3.8) is 0 Å². The molecule has 1 saturated carbocycles. The van der Waals surface area contributed by atoms with Gasteiger partial charge < -0.3 is 10.1 Å². The van der Waals surface area contributed by atoms with Gasteiger partial charge in [0.05, 0.1) is 6.26 Å². The predicted octanol–water partition coefficient (Wildman–Crippen LogP) is 1.41. The minimum atomic E-state index is -0.0880. The molecule has 13 heavy (non-hydrogen) atoms.